The van der Waals surface area contributed by atoms with E-state index in [-0.39, 0.29) is 12.1 Å². The molecule has 7 heteroatoms. The number of aromatic nitrogens is 4. The molecule has 4 rings (SSSR count). The average molecular weight is 306 g/mol. The van der Waals surface area contributed by atoms with E-state index in [1.165, 1.54) is 12.8 Å². The third-order valence-corrected chi connectivity index (χ3v) is 4.39. The van der Waals surface area contributed by atoms with Gasteiger partial charge in [0.2, 0.25) is 0 Å². The van der Waals surface area contributed by atoms with Crippen LogP contribution in [0.4, 0.5) is 5.69 Å². The second-order valence-electron chi connectivity index (χ2n) is 5.75. The van der Waals surface area contributed by atoms with Gasteiger partial charge in [-0.1, -0.05) is 11.6 Å². The minimum absolute atomic E-state index is 0.197. The number of nitrogens with zero attached hydrogens (tertiary/aromatic N) is 4. The van der Waals surface area contributed by atoms with Crippen LogP contribution in [0.25, 0.3) is 11.4 Å². The molecule has 21 heavy (non-hydrogen) atoms. The van der Waals surface area contributed by atoms with Crippen molar-refractivity contribution in [1.82, 2.24) is 20.2 Å². The van der Waals surface area contributed by atoms with Crippen LogP contribution in [-0.4, -0.2) is 32.9 Å². The van der Waals surface area contributed by atoms with Gasteiger partial charge < -0.3 is 10.5 Å². The fraction of sp³-hybridized carbons (Fsp3) is 0.500. The molecule has 0 spiro atoms. The predicted molar refractivity (Wildman–Crippen MR) is 78.8 cm³/mol. The summed E-state index contributed by atoms with van der Waals surface area (Å²) in [6, 6.07) is 5.59. The summed E-state index contributed by atoms with van der Waals surface area (Å²) in [5.41, 5.74) is 7.31. The van der Waals surface area contributed by atoms with Crippen LogP contribution in [-0.2, 0) is 4.74 Å². The zero-order valence-electron chi connectivity index (χ0n) is 11.4. The average Bonchev–Trinajstić information content (AvgIpc) is 3.00. The molecule has 1 saturated heterocycles. The largest absolute Gasteiger partial charge is 0.399 e. The van der Waals surface area contributed by atoms with Crippen molar-refractivity contribution < 1.29 is 4.74 Å². The Balaban J connectivity index is 1.73. The first kappa shape index (κ1) is 13.0. The summed E-state index contributed by atoms with van der Waals surface area (Å²) in [4.78, 5) is 0. The molecule has 1 aliphatic heterocycles. The minimum atomic E-state index is 0.197. The molecule has 2 aromatic rings. The molecule has 2 unspecified atom stereocenters. The fourth-order valence-electron chi connectivity index (χ4n) is 3.09. The molecule has 1 saturated carbocycles. The Morgan fingerprint density at radius 3 is 2.86 bits per heavy atom. The minimum Gasteiger partial charge on any atom is -0.399 e. The first-order chi connectivity index (χ1) is 10.2. The van der Waals surface area contributed by atoms with Gasteiger partial charge in [0.05, 0.1) is 12.1 Å². The maximum absolute atomic E-state index is 6.09. The van der Waals surface area contributed by atoms with E-state index in [4.69, 9.17) is 22.1 Å². The first-order valence-electron chi connectivity index (χ1n) is 7.18. The van der Waals surface area contributed by atoms with Crippen molar-refractivity contribution in [1.29, 1.82) is 0 Å². The Morgan fingerprint density at radius 1 is 1.24 bits per heavy atom. The van der Waals surface area contributed by atoms with Crippen molar-refractivity contribution in [3.8, 4) is 11.4 Å². The van der Waals surface area contributed by atoms with Gasteiger partial charge in [0.1, 0.15) is 0 Å². The van der Waals surface area contributed by atoms with Gasteiger partial charge in [-0.25, -0.2) is 4.68 Å². The van der Waals surface area contributed by atoms with Crippen molar-refractivity contribution in [2.24, 2.45) is 5.92 Å². The van der Waals surface area contributed by atoms with Crippen LogP contribution in [0, 0.1) is 5.92 Å². The SMILES string of the molecule is Nc1cc(Cl)cc(-c2nnnn2C2CCOC2C2CC2)c1. The van der Waals surface area contributed by atoms with Crippen LogP contribution < -0.4 is 5.73 Å². The van der Waals surface area contributed by atoms with Gasteiger partial charge in [-0.05, 0) is 53.8 Å². The number of tetrazole rings is 1. The van der Waals surface area contributed by atoms with Crippen LogP contribution in [0.15, 0.2) is 18.2 Å². The lowest BCUT2D eigenvalue weighted by molar-refractivity contribution is 0.0725. The molecule has 2 atom stereocenters. The molecule has 2 N–H and O–H groups in total. The van der Waals surface area contributed by atoms with Gasteiger partial charge in [-0.15, -0.1) is 5.10 Å². The molecular formula is C14H16ClN5O. The highest BCUT2D eigenvalue weighted by molar-refractivity contribution is 6.31. The molecule has 0 amide bonds. The molecule has 1 aromatic carbocycles. The summed E-state index contributed by atoms with van der Waals surface area (Å²) >= 11 is 6.09. The van der Waals surface area contributed by atoms with E-state index in [9.17, 15) is 0 Å². The number of halogens is 1. The fourth-order valence-corrected chi connectivity index (χ4v) is 3.33. The van der Waals surface area contributed by atoms with Crippen molar-refractivity contribution in [3.63, 3.8) is 0 Å². The zero-order chi connectivity index (χ0) is 14.4. The molecule has 110 valence electrons. The summed E-state index contributed by atoms with van der Waals surface area (Å²) in [7, 11) is 0. The Bertz CT molecular complexity index is 649. The second-order valence-corrected chi connectivity index (χ2v) is 6.19. The third kappa shape index (κ3) is 2.38. The molecule has 0 radical (unpaired) electrons. The Morgan fingerprint density at radius 2 is 2.10 bits per heavy atom. The van der Waals surface area contributed by atoms with Gasteiger partial charge in [0.15, 0.2) is 5.82 Å². The number of nitrogen functional groups attached to an aromatic ring is 1. The van der Waals surface area contributed by atoms with Gasteiger partial charge in [-0.3, -0.25) is 0 Å². The van der Waals surface area contributed by atoms with E-state index in [0.717, 1.165) is 18.6 Å². The van der Waals surface area contributed by atoms with Crippen LogP contribution in [0.2, 0.25) is 5.02 Å². The van der Waals surface area contributed by atoms with Crippen molar-refractivity contribution in [2.45, 2.75) is 31.4 Å². The van der Waals surface area contributed by atoms with Gasteiger partial charge >= 0.3 is 0 Å². The summed E-state index contributed by atoms with van der Waals surface area (Å²) < 4.78 is 7.76. The number of ether oxygens (including phenoxy) is 1. The van der Waals surface area contributed by atoms with E-state index < -0.39 is 0 Å². The first-order valence-corrected chi connectivity index (χ1v) is 7.56. The van der Waals surface area contributed by atoms with Gasteiger partial charge in [0, 0.05) is 22.9 Å². The number of hydrogen-bond acceptors (Lipinski definition) is 5. The van der Waals surface area contributed by atoms with Crippen LogP contribution in [0.3, 0.4) is 0 Å². The Hall–Kier alpha value is -1.66. The molecule has 2 fully saturated rings. The van der Waals surface area contributed by atoms with E-state index in [1.54, 1.807) is 6.07 Å². The number of benzene rings is 1. The molecule has 1 aliphatic carbocycles. The van der Waals surface area contributed by atoms with E-state index in [0.29, 0.717) is 22.5 Å². The highest BCUT2D eigenvalue weighted by Gasteiger charge is 2.42. The van der Waals surface area contributed by atoms with E-state index in [1.807, 2.05) is 16.8 Å². The topological polar surface area (TPSA) is 78.9 Å². The summed E-state index contributed by atoms with van der Waals surface area (Å²) in [5.74, 6) is 1.35. The monoisotopic (exact) mass is 305 g/mol. The second kappa shape index (κ2) is 4.96. The lowest BCUT2D eigenvalue weighted by atomic mass is 10.1. The predicted octanol–water partition coefficient (Wildman–Crippen LogP) is 2.32. The third-order valence-electron chi connectivity index (χ3n) is 4.18. The smallest absolute Gasteiger partial charge is 0.182 e. The van der Waals surface area contributed by atoms with E-state index >= 15 is 0 Å². The summed E-state index contributed by atoms with van der Waals surface area (Å²) in [6.45, 7) is 0.767. The zero-order valence-corrected chi connectivity index (χ0v) is 12.2. The van der Waals surface area contributed by atoms with Crippen LogP contribution in [0.5, 0.6) is 0 Å². The van der Waals surface area contributed by atoms with Crippen molar-refractivity contribution in [3.05, 3.63) is 23.2 Å². The lowest BCUT2D eigenvalue weighted by Crippen LogP contribution is -2.23. The number of rotatable bonds is 3. The molecular weight excluding hydrogens is 290 g/mol. The van der Waals surface area contributed by atoms with Gasteiger partial charge in [-0.2, -0.15) is 0 Å². The molecule has 0 bridgehead atoms. The molecule has 2 heterocycles. The Labute approximate surface area is 127 Å². The van der Waals surface area contributed by atoms with Crippen LogP contribution >= 0.6 is 11.6 Å². The highest BCUT2D eigenvalue weighted by atomic mass is 35.5. The lowest BCUT2D eigenvalue weighted by Gasteiger charge is -2.19. The Kier molecular flexibility index (Phi) is 3.08. The van der Waals surface area contributed by atoms with E-state index in [2.05, 4.69) is 15.5 Å². The number of hydrogen-bond donors (Lipinski definition) is 1. The molecule has 2 aliphatic rings. The molecule has 1 aromatic heterocycles. The quantitative estimate of drug-likeness (QED) is 0.880. The van der Waals surface area contributed by atoms with Gasteiger partial charge in [0.25, 0.3) is 0 Å². The standard InChI is InChI=1S/C14H16ClN5O/c15-10-5-9(6-11(16)7-10)14-17-18-19-20(14)12-3-4-21-13(12)8-1-2-8/h5-8,12-13H,1-4,16H2. The maximum Gasteiger partial charge on any atom is 0.182 e. The maximum atomic E-state index is 6.09. The summed E-state index contributed by atoms with van der Waals surface area (Å²) in [6.07, 6.45) is 3.64. The summed E-state index contributed by atoms with van der Waals surface area (Å²) in [5, 5.41) is 12.8. The highest BCUT2D eigenvalue weighted by Crippen LogP contribution is 2.43. The number of nitrogens with two attached hydrogens (primary N) is 1. The number of anilines is 1. The molecule has 6 nitrogen and oxygen atoms in total. The normalized spacial score (nSPS) is 25.4. The van der Waals surface area contributed by atoms with Crippen molar-refractivity contribution in [2.75, 3.05) is 12.3 Å². The van der Waals surface area contributed by atoms with Crippen molar-refractivity contribution >= 4 is 17.3 Å². The van der Waals surface area contributed by atoms with Crippen LogP contribution in [0.1, 0.15) is 25.3 Å².